The predicted octanol–water partition coefficient (Wildman–Crippen LogP) is 3.78. The van der Waals surface area contributed by atoms with Crippen LogP contribution in [0.5, 0.6) is 0 Å². The average molecular weight is 373 g/mol. The van der Waals surface area contributed by atoms with Crippen LogP contribution < -0.4 is 0 Å². The van der Waals surface area contributed by atoms with Crippen LogP contribution >= 0.6 is 34.8 Å². The molecule has 1 aromatic carbocycles. The monoisotopic (exact) mass is 373 g/mol. The summed E-state index contributed by atoms with van der Waals surface area (Å²) in [6.45, 7) is 0. The summed E-state index contributed by atoms with van der Waals surface area (Å²) < 4.78 is 0.0428. The van der Waals surface area contributed by atoms with Gasteiger partial charge in [-0.2, -0.15) is 0 Å². The van der Waals surface area contributed by atoms with Crippen LogP contribution in [-0.4, -0.2) is 0 Å². The van der Waals surface area contributed by atoms with Gasteiger partial charge in [0.1, 0.15) is 0 Å². The van der Waals surface area contributed by atoms with Gasteiger partial charge in [-0.3, -0.25) is 0 Å². The van der Waals surface area contributed by atoms with Crippen LogP contribution in [0, 0.1) is 0 Å². The molecule has 0 nitrogen and oxygen atoms in total. The fourth-order valence-corrected chi connectivity index (χ4v) is 2.56. The second kappa shape index (κ2) is 4.27. The van der Waals surface area contributed by atoms with Crippen LogP contribution in [0.1, 0.15) is 8.70 Å². The summed E-state index contributed by atoms with van der Waals surface area (Å²) in [5, 5.41) is 1.16. The van der Waals surface area contributed by atoms with Crippen LogP contribution in [0.2, 0.25) is 10.0 Å². The molecule has 0 amide bonds. The van der Waals surface area contributed by atoms with Gasteiger partial charge in [-0.25, -0.2) is 0 Å². The minimum atomic E-state index is 0.0428. The van der Waals surface area contributed by atoms with Crippen molar-refractivity contribution in [3.8, 4) is 0 Å². The summed E-state index contributed by atoms with van der Waals surface area (Å²) >= 11 is 18.5. The van der Waals surface area contributed by atoms with Crippen LogP contribution in [0.25, 0.3) is 0 Å². The molecule has 0 aliphatic rings. The molecule has 0 saturated carbocycles. The molecule has 0 fully saturated rings. The number of hydrogen-bond acceptors (Lipinski definition) is 0. The molecule has 0 aliphatic carbocycles. The van der Waals surface area contributed by atoms with E-state index in [4.69, 9.17) is 34.8 Å². The van der Waals surface area contributed by atoms with Gasteiger partial charge in [-0.05, 0) is 0 Å². The van der Waals surface area contributed by atoms with Crippen LogP contribution in [0.4, 0.5) is 0 Å². The SMILES string of the molecule is Clc1cccc([CH](Cl)[Hf])c1Cl. The second-order valence-electron chi connectivity index (χ2n) is 2.01. The van der Waals surface area contributed by atoms with E-state index in [1.54, 1.807) is 6.07 Å². The zero-order valence-corrected chi connectivity index (χ0v) is 11.3. The van der Waals surface area contributed by atoms with Gasteiger partial charge in [-0.1, -0.05) is 0 Å². The Bertz CT molecular complexity index is 260. The Morgan fingerprint density at radius 3 is 2.36 bits per heavy atom. The summed E-state index contributed by atoms with van der Waals surface area (Å²) in [6.07, 6.45) is 0. The fourth-order valence-electron chi connectivity index (χ4n) is 0.716. The van der Waals surface area contributed by atoms with Crippen LogP contribution in [0.3, 0.4) is 0 Å². The van der Waals surface area contributed by atoms with Crippen molar-refractivity contribution in [2.24, 2.45) is 0 Å². The van der Waals surface area contributed by atoms with Gasteiger partial charge in [0, 0.05) is 0 Å². The predicted molar refractivity (Wildman–Crippen MR) is 45.1 cm³/mol. The maximum atomic E-state index is 5.90. The van der Waals surface area contributed by atoms with Gasteiger partial charge in [0.25, 0.3) is 0 Å². The molecular weight excluding hydrogens is 369 g/mol. The van der Waals surface area contributed by atoms with Gasteiger partial charge in [0.15, 0.2) is 0 Å². The molecule has 0 N–H and O–H groups in total. The molecular formula is C7H4Cl3Hf. The minimum absolute atomic E-state index is 0.0428. The third-order valence-electron chi connectivity index (χ3n) is 1.25. The Labute approximate surface area is 95.4 Å². The number of halogens is 3. The van der Waals surface area contributed by atoms with Crippen molar-refractivity contribution in [2.45, 2.75) is 3.13 Å². The first-order chi connectivity index (χ1) is 5.13. The molecule has 11 heavy (non-hydrogen) atoms. The average Bonchev–Trinajstić information content (AvgIpc) is 1.94. The molecule has 0 spiro atoms. The molecule has 4 heteroatoms. The van der Waals surface area contributed by atoms with E-state index in [-0.39, 0.29) is 3.13 Å². The summed E-state index contributed by atoms with van der Waals surface area (Å²) in [6, 6.07) is 5.52. The van der Waals surface area contributed by atoms with Crippen LogP contribution in [0.15, 0.2) is 18.2 Å². The quantitative estimate of drug-likeness (QED) is 0.520. The van der Waals surface area contributed by atoms with E-state index in [1.807, 2.05) is 12.1 Å². The van der Waals surface area contributed by atoms with Gasteiger partial charge in [0.05, 0.1) is 0 Å². The molecule has 1 rings (SSSR count). The van der Waals surface area contributed by atoms with Gasteiger partial charge in [0.2, 0.25) is 0 Å². The molecule has 1 atom stereocenters. The van der Waals surface area contributed by atoms with Crippen molar-refractivity contribution in [1.29, 1.82) is 0 Å². The van der Waals surface area contributed by atoms with Crippen LogP contribution in [-0.2, 0) is 24.4 Å². The molecule has 0 heterocycles. The Hall–Kier alpha value is 0.960. The van der Waals surface area contributed by atoms with E-state index in [0.29, 0.717) is 10.0 Å². The number of alkyl halides is 1. The van der Waals surface area contributed by atoms with E-state index < -0.39 is 0 Å². The molecule has 1 unspecified atom stereocenters. The molecule has 57 valence electrons. The Morgan fingerprint density at radius 1 is 1.27 bits per heavy atom. The third kappa shape index (κ3) is 2.45. The molecule has 1 aromatic rings. The zero-order valence-electron chi connectivity index (χ0n) is 5.44. The molecule has 0 saturated heterocycles. The first kappa shape index (κ1) is 10.0. The van der Waals surface area contributed by atoms with Crippen molar-refractivity contribution >= 4 is 34.8 Å². The number of rotatable bonds is 1. The van der Waals surface area contributed by atoms with E-state index in [0.717, 1.165) is 29.9 Å². The third-order valence-corrected chi connectivity index (χ3v) is 3.44. The van der Waals surface area contributed by atoms with Crippen molar-refractivity contribution in [1.82, 2.24) is 0 Å². The Morgan fingerprint density at radius 2 is 1.91 bits per heavy atom. The van der Waals surface area contributed by atoms with Crippen molar-refractivity contribution < 1.29 is 24.4 Å². The van der Waals surface area contributed by atoms with Crippen molar-refractivity contribution in [3.05, 3.63) is 33.8 Å². The number of benzene rings is 1. The zero-order chi connectivity index (χ0) is 8.43. The first-order valence-corrected chi connectivity index (χ1v) is 6.18. The summed E-state index contributed by atoms with van der Waals surface area (Å²) in [5.41, 5.74) is 0.938. The first-order valence-electron chi connectivity index (χ1n) is 2.92. The van der Waals surface area contributed by atoms with Gasteiger partial charge < -0.3 is 0 Å². The second-order valence-corrected chi connectivity index (χ2v) is 6.62. The molecule has 0 aliphatic heterocycles. The van der Waals surface area contributed by atoms with E-state index in [2.05, 4.69) is 0 Å². The maximum absolute atomic E-state index is 5.90. The summed E-state index contributed by atoms with van der Waals surface area (Å²) in [7, 11) is 0. The fraction of sp³-hybridized carbons (Fsp3) is 0.143. The Kier molecular flexibility index (Phi) is 3.90. The van der Waals surface area contributed by atoms with E-state index >= 15 is 0 Å². The van der Waals surface area contributed by atoms with Crippen molar-refractivity contribution in [3.63, 3.8) is 0 Å². The standard InChI is InChI=1S/C7H4Cl3.Hf/c8-4-5-2-1-3-6(9)7(5)10;/h1-4H;. The topological polar surface area (TPSA) is 0 Å². The normalized spacial score (nSPS) is 12.9. The Balaban J connectivity index is 3.17. The van der Waals surface area contributed by atoms with E-state index in [1.165, 1.54) is 0 Å². The van der Waals surface area contributed by atoms with E-state index in [9.17, 15) is 0 Å². The molecule has 0 aromatic heterocycles. The van der Waals surface area contributed by atoms with Gasteiger partial charge >= 0.3 is 96.1 Å². The molecule has 0 bridgehead atoms. The number of hydrogen-bond donors (Lipinski definition) is 0. The molecule has 0 radical (unpaired) electrons. The van der Waals surface area contributed by atoms with Gasteiger partial charge in [-0.15, -0.1) is 0 Å². The van der Waals surface area contributed by atoms with Crippen molar-refractivity contribution in [2.75, 3.05) is 0 Å². The summed E-state index contributed by atoms with van der Waals surface area (Å²) in [4.78, 5) is 0. The summed E-state index contributed by atoms with van der Waals surface area (Å²) in [5.74, 6) is 0.